The van der Waals surface area contributed by atoms with Gasteiger partial charge in [0.2, 0.25) is 0 Å². The van der Waals surface area contributed by atoms with Gasteiger partial charge < -0.3 is 15.2 Å². The van der Waals surface area contributed by atoms with Crippen molar-refractivity contribution in [2.45, 2.75) is 12.4 Å². The second-order valence-electron chi connectivity index (χ2n) is 4.75. The van der Waals surface area contributed by atoms with E-state index in [0.717, 1.165) is 5.56 Å². The number of amidine groups is 1. The highest BCUT2D eigenvalue weighted by Gasteiger charge is 2.10. The Morgan fingerprint density at radius 3 is 2.64 bits per heavy atom. The monoisotopic (exact) mass is 365 g/mol. The predicted octanol–water partition coefficient (Wildman–Crippen LogP) is 3.88. The van der Waals surface area contributed by atoms with E-state index in [1.165, 1.54) is 37.2 Å². The maximum absolute atomic E-state index is 12.3. The summed E-state index contributed by atoms with van der Waals surface area (Å²) in [6.07, 6.45) is 1.45. The lowest BCUT2D eigenvalue weighted by Crippen LogP contribution is -2.06. The zero-order valence-corrected chi connectivity index (χ0v) is 14.2. The molecule has 0 amide bonds. The van der Waals surface area contributed by atoms with E-state index in [1.807, 2.05) is 30.3 Å². The number of nitrogens with two attached hydrogens (primary N) is 1. The fourth-order valence-electron chi connectivity index (χ4n) is 1.87. The lowest BCUT2D eigenvalue weighted by atomic mass is 10.2. The number of methoxy groups -OCH3 is 1. The molecular weight excluding hydrogens is 348 g/mol. The minimum Gasteiger partial charge on any atom is -0.493 e. The molecule has 2 aromatic carbocycles. The number of hydrogen-bond acceptors (Lipinski definition) is 5. The average Bonchev–Trinajstić information content (AvgIpc) is 2.61. The van der Waals surface area contributed by atoms with E-state index in [1.54, 1.807) is 6.07 Å². The van der Waals surface area contributed by atoms with E-state index in [2.05, 4.69) is 14.9 Å². The van der Waals surface area contributed by atoms with E-state index < -0.39 is 6.61 Å². The van der Waals surface area contributed by atoms with Gasteiger partial charge in [0.05, 0.1) is 13.3 Å². The summed E-state index contributed by atoms with van der Waals surface area (Å²) >= 11 is 1.37. The molecule has 0 bridgehead atoms. The van der Waals surface area contributed by atoms with Crippen LogP contribution in [0, 0.1) is 0 Å². The Morgan fingerprint density at radius 1 is 1.20 bits per heavy atom. The Morgan fingerprint density at radius 2 is 1.96 bits per heavy atom. The third kappa shape index (κ3) is 6.42. The largest absolute Gasteiger partial charge is 0.493 e. The lowest BCUT2D eigenvalue weighted by Gasteiger charge is -2.09. The summed E-state index contributed by atoms with van der Waals surface area (Å²) in [5, 5.41) is 8.11. The van der Waals surface area contributed by atoms with Crippen LogP contribution in [0.25, 0.3) is 0 Å². The highest BCUT2D eigenvalue weighted by molar-refractivity contribution is 8.13. The number of rotatable bonds is 7. The van der Waals surface area contributed by atoms with Crippen LogP contribution in [-0.2, 0) is 5.75 Å². The summed E-state index contributed by atoms with van der Waals surface area (Å²) in [6, 6.07) is 14.3. The number of halogens is 2. The Labute approximate surface area is 148 Å². The van der Waals surface area contributed by atoms with E-state index in [0.29, 0.717) is 16.5 Å². The Kier molecular flexibility index (Phi) is 7.21. The maximum atomic E-state index is 12.3. The molecule has 2 rings (SSSR count). The molecule has 25 heavy (non-hydrogen) atoms. The summed E-state index contributed by atoms with van der Waals surface area (Å²) in [4.78, 5) is 0. The normalized spacial score (nSPS) is 11.9. The maximum Gasteiger partial charge on any atom is 0.387 e. The molecule has 0 aliphatic heterocycles. The summed E-state index contributed by atoms with van der Waals surface area (Å²) in [7, 11) is 1.37. The van der Waals surface area contributed by atoms with Crippen LogP contribution < -0.4 is 15.2 Å². The zero-order chi connectivity index (χ0) is 18.1. The minimum absolute atomic E-state index is 0.0453. The van der Waals surface area contributed by atoms with Gasteiger partial charge in [-0.15, -0.1) is 5.10 Å². The molecule has 0 heterocycles. The lowest BCUT2D eigenvalue weighted by molar-refractivity contribution is -0.0512. The average molecular weight is 365 g/mol. The molecule has 0 saturated heterocycles. The molecule has 2 N–H and O–H groups in total. The molecule has 0 saturated carbocycles. The third-order valence-corrected chi connectivity index (χ3v) is 3.85. The van der Waals surface area contributed by atoms with Gasteiger partial charge in [-0.25, -0.2) is 0 Å². The zero-order valence-electron chi connectivity index (χ0n) is 13.4. The van der Waals surface area contributed by atoms with E-state index in [9.17, 15) is 8.78 Å². The van der Waals surface area contributed by atoms with Crippen molar-refractivity contribution in [3.63, 3.8) is 0 Å². The van der Waals surface area contributed by atoms with Crippen LogP contribution in [0.3, 0.4) is 0 Å². The molecule has 132 valence electrons. The first-order valence-electron chi connectivity index (χ1n) is 7.24. The summed E-state index contributed by atoms with van der Waals surface area (Å²) in [6.45, 7) is -2.92. The molecule has 0 aliphatic rings. The van der Waals surface area contributed by atoms with Crippen LogP contribution >= 0.6 is 11.8 Å². The smallest absolute Gasteiger partial charge is 0.387 e. The standard InChI is InChI=1S/C17H17F2N3O2S/c1-23-15-9-13(7-8-14(15)24-16(18)19)10-21-22-17(20)25-11-12-5-3-2-4-6-12/h2-10,16H,11H2,1H3,(H2,20,22). The number of hydrogen-bond donors (Lipinski definition) is 1. The van der Waals surface area contributed by atoms with Gasteiger partial charge in [0.25, 0.3) is 0 Å². The fraction of sp³-hybridized carbons (Fsp3) is 0.176. The van der Waals surface area contributed by atoms with Crippen molar-refractivity contribution in [3.8, 4) is 11.5 Å². The van der Waals surface area contributed by atoms with Crippen molar-refractivity contribution in [2.75, 3.05) is 7.11 Å². The van der Waals surface area contributed by atoms with Crippen LogP contribution in [-0.4, -0.2) is 25.1 Å². The Bertz CT molecular complexity index is 740. The molecule has 5 nitrogen and oxygen atoms in total. The molecule has 0 fully saturated rings. The number of nitrogens with zero attached hydrogens (tertiary/aromatic N) is 2. The van der Waals surface area contributed by atoms with Gasteiger partial charge in [-0.1, -0.05) is 42.1 Å². The first kappa shape index (κ1) is 18.7. The van der Waals surface area contributed by atoms with Gasteiger partial charge in [0.1, 0.15) is 0 Å². The first-order chi connectivity index (χ1) is 12.1. The van der Waals surface area contributed by atoms with Crippen molar-refractivity contribution in [2.24, 2.45) is 15.9 Å². The second-order valence-corrected chi connectivity index (χ2v) is 5.74. The number of benzene rings is 2. The highest BCUT2D eigenvalue weighted by Crippen LogP contribution is 2.28. The third-order valence-electron chi connectivity index (χ3n) is 3.00. The van der Waals surface area contributed by atoms with Crippen LogP contribution in [0.2, 0.25) is 0 Å². The van der Waals surface area contributed by atoms with Gasteiger partial charge in [-0.05, 0) is 29.3 Å². The van der Waals surface area contributed by atoms with Crippen molar-refractivity contribution in [1.82, 2.24) is 0 Å². The fourth-order valence-corrected chi connectivity index (χ4v) is 2.48. The quantitative estimate of drug-likeness (QED) is 0.459. The highest BCUT2D eigenvalue weighted by atomic mass is 32.2. The molecule has 0 unspecified atom stereocenters. The van der Waals surface area contributed by atoms with Gasteiger partial charge in [0.15, 0.2) is 16.7 Å². The van der Waals surface area contributed by atoms with Gasteiger partial charge in [-0.3, -0.25) is 0 Å². The van der Waals surface area contributed by atoms with Gasteiger partial charge in [-0.2, -0.15) is 13.9 Å². The number of ether oxygens (including phenoxy) is 2. The van der Waals surface area contributed by atoms with Crippen LogP contribution in [0.1, 0.15) is 11.1 Å². The summed E-state index contributed by atoms with van der Waals surface area (Å²) in [5.41, 5.74) is 7.54. The van der Waals surface area contributed by atoms with Gasteiger partial charge in [0, 0.05) is 5.75 Å². The molecule has 8 heteroatoms. The molecule has 0 aliphatic carbocycles. The molecule has 0 atom stereocenters. The van der Waals surface area contributed by atoms with Gasteiger partial charge >= 0.3 is 6.61 Å². The summed E-state index contributed by atoms with van der Waals surface area (Å²) in [5.74, 6) is 0.829. The first-order valence-corrected chi connectivity index (χ1v) is 8.23. The van der Waals surface area contributed by atoms with Crippen molar-refractivity contribution < 1.29 is 18.3 Å². The molecular formula is C17H17F2N3O2S. The van der Waals surface area contributed by atoms with E-state index >= 15 is 0 Å². The van der Waals surface area contributed by atoms with E-state index in [-0.39, 0.29) is 11.5 Å². The molecule has 0 spiro atoms. The second kappa shape index (κ2) is 9.63. The number of alkyl halides is 2. The number of thioether (sulfide) groups is 1. The topological polar surface area (TPSA) is 69.2 Å². The Hall–Kier alpha value is -2.61. The van der Waals surface area contributed by atoms with Crippen molar-refractivity contribution >= 4 is 23.1 Å². The predicted molar refractivity (Wildman–Crippen MR) is 96.6 cm³/mol. The summed E-state index contributed by atoms with van der Waals surface area (Å²) < 4.78 is 33.9. The Balaban J connectivity index is 1.96. The van der Waals surface area contributed by atoms with Crippen LogP contribution in [0.5, 0.6) is 11.5 Å². The SMILES string of the molecule is COc1cc(C=NN=C(N)SCc2ccccc2)ccc1OC(F)F. The van der Waals surface area contributed by atoms with Crippen LogP contribution in [0.15, 0.2) is 58.7 Å². The molecule has 0 radical (unpaired) electrons. The van der Waals surface area contributed by atoms with Crippen LogP contribution in [0.4, 0.5) is 8.78 Å². The van der Waals surface area contributed by atoms with E-state index in [4.69, 9.17) is 10.5 Å². The molecule has 2 aromatic rings. The minimum atomic E-state index is -2.92. The van der Waals surface area contributed by atoms with Crippen molar-refractivity contribution in [1.29, 1.82) is 0 Å². The molecule has 0 aromatic heterocycles. The van der Waals surface area contributed by atoms with Crippen molar-refractivity contribution in [3.05, 3.63) is 59.7 Å².